The third-order valence-corrected chi connectivity index (χ3v) is 4.72. The number of hydrogen-bond donors (Lipinski definition) is 1. The second-order valence-corrected chi connectivity index (χ2v) is 7.83. The van der Waals surface area contributed by atoms with Gasteiger partial charge in [0.1, 0.15) is 12.3 Å². The Morgan fingerprint density at radius 1 is 0.938 bits per heavy atom. The number of hydrogen-bond acceptors (Lipinski definition) is 5. The first-order valence-electron chi connectivity index (χ1n) is 10.5. The molecule has 4 rings (SSSR count). The van der Waals surface area contributed by atoms with Gasteiger partial charge in [-0.1, -0.05) is 62.4 Å². The van der Waals surface area contributed by atoms with Crippen LogP contribution < -0.4 is 10.1 Å². The molecule has 0 aliphatic rings. The van der Waals surface area contributed by atoms with Gasteiger partial charge in [0.15, 0.2) is 0 Å². The molecule has 0 fully saturated rings. The molecule has 3 aromatic carbocycles. The SMILES string of the molecule is CC(C)COc1ccc(-c2nnn(CC(=O)Nc3ccccc3-c3ccccc3)n2)cc1. The molecule has 0 bridgehead atoms. The van der Waals surface area contributed by atoms with Crippen molar-refractivity contribution in [2.45, 2.75) is 20.4 Å². The maximum Gasteiger partial charge on any atom is 0.248 e. The van der Waals surface area contributed by atoms with Crippen LogP contribution in [-0.2, 0) is 11.3 Å². The maximum absolute atomic E-state index is 12.6. The van der Waals surface area contributed by atoms with Crippen LogP contribution >= 0.6 is 0 Å². The highest BCUT2D eigenvalue weighted by Crippen LogP contribution is 2.27. The topological polar surface area (TPSA) is 81.9 Å². The van der Waals surface area contributed by atoms with Crippen molar-refractivity contribution in [3.8, 4) is 28.3 Å². The van der Waals surface area contributed by atoms with Gasteiger partial charge in [-0.15, -0.1) is 10.2 Å². The van der Waals surface area contributed by atoms with E-state index in [1.54, 1.807) is 0 Å². The molecule has 0 atom stereocenters. The van der Waals surface area contributed by atoms with Crippen LogP contribution in [0, 0.1) is 5.92 Å². The lowest BCUT2D eigenvalue weighted by Gasteiger charge is -2.11. The minimum absolute atomic E-state index is 0.0360. The molecule has 1 heterocycles. The van der Waals surface area contributed by atoms with Crippen molar-refractivity contribution in [3.63, 3.8) is 0 Å². The van der Waals surface area contributed by atoms with Crippen LogP contribution in [0.3, 0.4) is 0 Å². The zero-order chi connectivity index (χ0) is 22.3. The Bertz CT molecular complexity index is 1170. The summed E-state index contributed by atoms with van der Waals surface area (Å²) in [5, 5.41) is 15.4. The minimum Gasteiger partial charge on any atom is -0.493 e. The normalized spacial score (nSPS) is 10.8. The number of nitrogens with one attached hydrogen (secondary N) is 1. The Balaban J connectivity index is 1.41. The van der Waals surface area contributed by atoms with Crippen LogP contribution in [0.4, 0.5) is 5.69 Å². The van der Waals surface area contributed by atoms with Gasteiger partial charge in [0.25, 0.3) is 0 Å². The number of benzene rings is 3. The fraction of sp³-hybridized carbons (Fsp3) is 0.200. The van der Waals surface area contributed by atoms with Crippen molar-refractivity contribution >= 4 is 11.6 Å². The second kappa shape index (κ2) is 9.87. The molecule has 1 N–H and O–H groups in total. The molecule has 1 amide bonds. The third kappa shape index (κ3) is 5.37. The molecule has 0 aliphatic carbocycles. The first-order valence-corrected chi connectivity index (χ1v) is 10.5. The van der Waals surface area contributed by atoms with E-state index >= 15 is 0 Å². The molecule has 0 aliphatic heterocycles. The second-order valence-electron chi connectivity index (χ2n) is 7.83. The number of para-hydroxylation sites is 1. The molecule has 1 aromatic heterocycles. The Morgan fingerprint density at radius 2 is 1.66 bits per heavy atom. The fourth-order valence-electron chi connectivity index (χ4n) is 3.17. The summed E-state index contributed by atoms with van der Waals surface area (Å²) >= 11 is 0. The quantitative estimate of drug-likeness (QED) is 0.441. The van der Waals surface area contributed by atoms with Crippen LogP contribution in [0.1, 0.15) is 13.8 Å². The van der Waals surface area contributed by atoms with Crippen molar-refractivity contribution in [2.24, 2.45) is 5.92 Å². The molecular weight excluding hydrogens is 402 g/mol. The van der Waals surface area contributed by atoms with Crippen LogP contribution in [0.25, 0.3) is 22.5 Å². The molecule has 0 radical (unpaired) electrons. The number of nitrogens with zero attached hydrogens (tertiary/aromatic N) is 4. The summed E-state index contributed by atoms with van der Waals surface area (Å²) in [7, 11) is 0. The van der Waals surface area contributed by atoms with E-state index in [9.17, 15) is 4.79 Å². The van der Waals surface area contributed by atoms with E-state index < -0.39 is 0 Å². The first kappa shape index (κ1) is 21.2. The molecule has 4 aromatic rings. The zero-order valence-corrected chi connectivity index (χ0v) is 18.1. The number of ether oxygens (including phenoxy) is 1. The van der Waals surface area contributed by atoms with Gasteiger partial charge in [0, 0.05) is 16.8 Å². The molecule has 0 unspecified atom stereocenters. The van der Waals surface area contributed by atoms with Crippen LogP contribution in [0.2, 0.25) is 0 Å². The zero-order valence-electron chi connectivity index (χ0n) is 18.1. The molecular formula is C25H25N5O2. The van der Waals surface area contributed by atoms with Crippen molar-refractivity contribution in [1.82, 2.24) is 20.2 Å². The monoisotopic (exact) mass is 427 g/mol. The summed E-state index contributed by atoms with van der Waals surface area (Å²) < 4.78 is 5.70. The largest absolute Gasteiger partial charge is 0.493 e. The van der Waals surface area contributed by atoms with Crippen LogP contribution in [0.15, 0.2) is 78.9 Å². The van der Waals surface area contributed by atoms with Gasteiger partial charge in [0.05, 0.1) is 6.61 Å². The van der Waals surface area contributed by atoms with Gasteiger partial charge in [-0.2, -0.15) is 4.80 Å². The molecule has 7 nitrogen and oxygen atoms in total. The van der Waals surface area contributed by atoms with Gasteiger partial charge in [-0.3, -0.25) is 4.79 Å². The molecule has 32 heavy (non-hydrogen) atoms. The Morgan fingerprint density at radius 3 is 2.41 bits per heavy atom. The van der Waals surface area contributed by atoms with E-state index in [0.717, 1.165) is 28.1 Å². The number of rotatable bonds is 8. The summed E-state index contributed by atoms with van der Waals surface area (Å²) in [6, 6.07) is 25.1. The fourth-order valence-corrected chi connectivity index (χ4v) is 3.17. The minimum atomic E-state index is -0.227. The smallest absolute Gasteiger partial charge is 0.248 e. The lowest BCUT2D eigenvalue weighted by Crippen LogP contribution is -2.20. The highest BCUT2D eigenvalue weighted by atomic mass is 16.5. The predicted octanol–water partition coefficient (Wildman–Crippen LogP) is 4.68. The van der Waals surface area contributed by atoms with Gasteiger partial charge in [-0.25, -0.2) is 0 Å². The average molecular weight is 428 g/mol. The van der Waals surface area contributed by atoms with Gasteiger partial charge >= 0.3 is 0 Å². The summed E-state index contributed by atoms with van der Waals surface area (Å²) in [4.78, 5) is 13.9. The molecule has 162 valence electrons. The first-order chi connectivity index (χ1) is 15.6. The highest BCUT2D eigenvalue weighted by Gasteiger charge is 2.12. The van der Waals surface area contributed by atoms with Gasteiger partial charge < -0.3 is 10.1 Å². The standard InChI is InChI=1S/C25H25N5O2/c1-18(2)17-32-21-14-12-20(13-15-21)25-27-29-30(28-25)16-24(31)26-23-11-7-6-10-22(23)19-8-4-3-5-9-19/h3-15,18H,16-17H2,1-2H3,(H,26,31). The maximum atomic E-state index is 12.6. The number of aromatic nitrogens is 4. The van der Waals surface area contributed by atoms with Crippen LogP contribution in [0.5, 0.6) is 5.75 Å². The molecule has 0 saturated carbocycles. The molecule has 0 spiro atoms. The number of carbonyl (C=O) groups is 1. The number of anilines is 1. The predicted molar refractivity (Wildman–Crippen MR) is 124 cm³/mol. The van der Waals surface area contributed by atoms with Gasteiger partial charge in [0.2, 0.25) is 11.7 Å². The molecule has 7 heteroatoms. The van der Waals surface area contributed by atoms with Crippen molar-refractivity contribution in [2.75, 3.05) is 11.9 Å². The van der Waals surface area contributed by atoms with E-state index in [1.807, 2.05) is 78.9 Å². The van der Waals surface area contributed by atoms with E-state index in [4.69, 9.17) is 4.74 Å². The van der Waals surface area contributed by atoms with Crippen molar-refractivity contribution in [1.29, 1.82) is 0 Å². The number of tetrazole rings is 1. The Labute approximate surface area is 187 Å². The van der Waals surface area contributed by atoms with E-state index in [1.165, 1.54) is 4.80 Å². The summed E-state index contributed by atoms with van der Waals surface area (Å²) in [5.74, 6) is 1.49. The van der Waals surface area contributed by atoms with Gasteiger partial charge in [-0.05, 0) is 47.0 Å². The summed E-state index contributed by atoms with van der Waals surface area (Å²) in [5.41, 5.74) is 3.53. The van der Waals surface area contributed by atoms with E-state index in [2.05, 4.69) is 34.6 Å². The Kier molecular flexibility index (Phi) is 6.55. The Hall–Kier alpha value is -4.00. The third-order valence-electron chi connectivity index (χ3n) is 4.72. The highest BCUT2D eigenvalue weighted by molar-refractivity contribution is 5.95. The lowest BCUT2D eigenvalue weighted by atomic mass is 10.0. The summed E-state index contributed by atoms with van der Waals surface area (Å²) in [6.45, 7) is 4.84. The van der Waals surface area contributed by atoms with E-state index in [-0.39, 0.29) is 12.5 Å². The van der Waals surface area contributed by atoms with Crippen molar-refractivity contribution in [3.05, 3.63) is 78.9 Å². The number of carbonyl (C=O) groups excluding carboxylic acids is 1. The molecule has 0 saturated heterocycles. The number of amides is 1. The average Bonchev–Trinajstić information content (AvgIpc) is 3.27. The lowest BCUT2D eigenvalue weighted by molar-refractivity contribution is -0.117. The van der Waals surface area contributed by atoms with Crippen LogP contribution in [-0.4, -0.2) is 32.7 Å². The summed E-state index contributed by atoms with van der Waals surface area (Å²) in [6.07, 6.45) is 0. The van der Waals surface area contributed by atoms with Crippen molar-refractivity contribution < 1.29 is 9.53 Å². The van der Waals surface area contributed by atoms with E-state index in [0.29, 0.717) is 18.3 Å².